The van der Waals surface area contributed by atoms with Gasteiger partial charge < -0.3 is 5.32 Å². The van der Waals surface area contributed by atoms with Gasteiger partial charge in [-0.25, -0.2) is 0 Å². The Balaban J connectivity index is 2.66. The SMILES string of the molecule is CCCC(C)CC(Cc1ccc(C(F)(F)F)cc1)NCC. The minimum atomic E-state index is -4.25. The van der Waals surface area contributed by atoms with Crippen LogP contribution in [0.2, 0.25) is 0 Å². The van der Waals surface area contributed by atoms with Crippen LogP contribution in [0.25, 0.3) is 0 Å². The molecular weight excluding hydrogens is 275 g/mol. The fourth-order valence-corrected chi connectivity index (χ4v) is 2.74. The Bertz CT molecular complexity index is 397. The maximum atomic E-state index is 12.5. The fraction of sp³-hybridized carbons (Fsp3) is 0.647. The molecule has 0 fully saturated rings. The summed E-state index contributed by atoms with van der Waals surface area (Å²) in [4.78, 5) is 0. The lowest BCUT2D eigenvalue weighted by atomic mass is 9.93. The largest absolute Gasteiger partial charge is 0.416 e. The number of benzene rings is 1. The van der Waals surface area contributed by atoms with Gasteiger partial charge in [0, 0.05) is 6.04 Å². The van der Waals surface area contributed by atoms with Crippen molar-refractivity contribution in [1.82, 2.24) is 5.32 Å². The smallest absolute Gasteiger partial charge is 0.314 e. The van der Waals surface area contributed by atoms with Gasteiger partial charge in [0.2, 0.25) is 0 Å². The van der Waals surface area contributed by atoms with Crippen LogP contribution in [-0.2, 0) is 12.6 Å². The molecule has 0 radical (unpaired) electrons. The summed E-state index contributed by atoms with van der Waals surface area (Å²) in [5, 5.41) is 3.44. The van der Waals surface area contributed by atoms with Crippen molar-refractivity contribution in [3.05, 3.63) is 35.4 Å². The van der Waals surface area contributed by atoms with Crippen molar-refractivity contribution < 1.29 is 13.2 Å². The number of likely N-dealkylation sites (N-methyl/N-ethyl adjacent to an activating group) is 1. The Morgan fingerprint density at radius 3 is 2.19 bits per heavy atom. The van der Waals surface area contributed by atoms with E-state index in [9.17, 15) is 13.2 Å². The lowest BCUT2D eigenvalue weighted by Crippen LogP contribution is -2.32. The van der Waals surface area contributed by atoms with Crippen molar-refractivity contribution in [3.63, 3.8) is 0 Å². The van der Waals surface area contributed by atoms with Crippen molar-refractivity contribution in [1.29, 1.82) is 0 Å². The third-order valence-corrected chi connectivity index (χ3v) is 3.72. The van der Waals surface area contributed by atoms with E-state index in [0.717, 1.165) is 24.9 Å². The molecule has 1 aromatic carbocycles. The second-order valence-electron chi connectivity index (χ2n) is 5.78. The van der Waals surface area contributed by atoms with E-state index in [1.54, 1.807) is 12.1 Å². The zero-order valence-electron chi connectivity index (χ0n) is 13.1. The number of rotatable bonds is 8. The van der Waals surface area contributed by atoms with Crippen molar-refractivity contribution in [2.24, 2.45) is 5.92 Å². The topological polar surface area (TPSA) is 12.0 Å². The summed E-state index contributed by atoms with van der Waals surface area (Å²) < 4.78 is 37.6. The molecule has 0 aliphatic heterocycles. The Labute approximate surface area is 125 Å². The van der Waals surface area contributed by atoms with E-state index in [2.05, 4.69) is 26.1 Å². The van der Waals surface area contributed by atoms with Crippen molar-refractivity contribution in [3.8, 4) is 0 Å². The van der Waals surface area contributed by atoms with Crippen LogP contribution in [0.3, 0.4) is 0 Å². The Hall–Kier alpha value is -1.03. The van der Waals surface area contributed by atoms with E-state index in [0.29, 0.717) is 12.0 Å². The molecule has 0 saturated carbocycles. The highest BCUT2D eigenvalue weighted by molar-refractivity contribution is 5.25. The van der Waals surface area contributed by atoms with Gasteiger partial charge in [0.05, 0.1) is 5.56 Å². The van der Waals surface area contributed by atoms with Gasteiger partial charge in [0.1, 0.15) is 0 Å². The third-order valence-electron chi connectivity index (χ3n) is 3.72. The average molecular weight is 301 g/mol. The molecule has 0 aliphatic rings. The predicted octanol–water partition coefficient (Wildman–Crippen LogP) is 5.05. The molecule has 0 aliphatic carbocycles. The van der Waals surface area contributed by atoms with Crippen LogP contribution in [-0.4, -0.2) is 12.6 Å². The van der Waals surface area contributed by atoms with Gasteiger partial charge in [-0.15, -0.1) is 0 Å². The second kappa shape index (κ2) is 8.42. The van der Waals surface area contributed by atoms with E-state index in [1.165, 1.54) is 25.0 Å². The molecule has 0 bridgehead atoms. The standard InChI is InChI=1S/C17H26F3N/c1-4-6-13(3)11-16(21-5-2)12-14-7-9-15(10-8-14)17(18,19)20/h7-10,13,16,21H,4-6,11-12H2,1-3H3. The highest BCUT2D eigenvalue weighted by atomic mass is 19.4. The summed E-state index contributed by atoms with van der Waals surface area (Å²) >= 11 is 0. The van der Waals surface area contributed by atoms with Crippen LogP contribution < -0.4 is 5.32 Å². The predicted molar refractivity (Wildman–Crippen MR) is 81.3 cm³/mol. The number of halogens is 3. The lowest BCUT2D eigenvalue weighted by molar-refractivity contribution is -0.137. The number of nitrogens with one attached hydrogen (secondary N) is 1. The highest BCUT2D eigenvalue weighted by Gasteiger charge is 2.30. The molecule has 0 spiro atoms. The van der Waals surface area contributed by atoms with Gasteiger partial charge in [0.25, 0.3) is 0 Å². The first-order valence-corrected chi connectivity index (χ1v) is 7.76. The first-order valence-electron chi connectivity index (χ1n) is 7.76. The quantitative estimate of drug-likeness (QED) is 0.708. The van der Waals surface area contributed by atoms with Gasteiger partial charge in [0.15, 0.2) is 0 Å². The summed E-state index contributed by atoms with van der Waals surface area (Å²) in [6, 6.07) is 5.87. The Morgan fingerprint density at radius 1 is 1.10 bits per heavy atom. The van der Waals surface area contributed by atoms with Crippen molar-refractivity contribution in [2.45, 2.75) is 58.7 Å². The molecule has 0 heterocycles. The van der Waals surface area contributed by atoms with Crippen LogP contribution in [0.15, 0.2) is 24.3 Å². The number of hydrogen-bond donors (Lipinski definition) is 1. The molecule has 1 nitrogen and oxygen atoms in total. The molecular formula is C17H26F3N. The summed E-state index contributed by atoms with van der Waals surface area (Å²) in [7, 11) is 0. The number of alkyl halides is 3. The maximum Gasteiger partial charge on any atom is 0.416 e. The van der Waals surface area contributed by atoms with Crippen molar-refractivity contribution >= 4 is 0 Å². The van der Waals surface area contributed by atoms with E-state index in [-0.39, 0.29) is 0 Å². The second-order valence-corrected chi connectivity index (χ2v) is 5.78. The molecule has 1 rings (SSSR count). The minimum Gasteiger partial charge on any atom is -0.314 e. The van der Waals surface area contributed by atoms with Gasteiger partial charge >= 0.3 is 6.18 Å². The Morgan fingerprint density at radius 2 is 1.71 bits per heavy atom. The molecule has 0 aromatic heterocycles. The van der Waals surface area contributed by atoms with Crippen LogP contribution in [0, 0.1) is 5.92 Å². The van der Waals surface area contributed by atoms with E-state index >= 15 is 0 Å². The van der Waals surface area contributed by atoms with Gasteiger partial charge in [-0.3, -0.25) is 0 Å². The molecule has 1 aromatic rings. The molecule has 0 saturated heterocycles. The van der Waals surface area contributed by atoms with Crippen LogP contribution in [0.1, 0.15) is 51.2 Å². The van der Waals surface area contributed by atoms with Crippen molar-refractivity contribution in [2.75, 3.05) is 6.54 Å². The first kappa shape index (κ1) is 18.0. The zero-order chi connectivity index (χ0) is 15.9. The zero-order valence-corrected chi connectivity index (χ0v) is 13.1. The summed E-state index contributed by atoms with van der Waals surface area (Å²) in [6.07, 6.45) is -0.0623. The molecule has 0 amide bonds. The molecule has 120 valence electrons. The van der Waals surface area contributed by atoms with Crippen LogP contribution >= 0.6 is 0 Å². The summed E-state index contributed by atoms with van der Waals surface area (Å²) in [5.74, 6) is 0.633. The molecule has 1 N–H and O–H groups in total. The minimum absolute atomic E-state index is 0.327. The highest BCUT2D eigenvalue weighted by Crippen LogP contribution is 2.29. The first-order chi connectivity index (χ1) is 9.86. The summed E-state index contributed by atoms with van der Waals surface area (Å²) in [6.45, 7) is 7.35. The van der Waals surface area contributed by atoms with Gasteiger partial charge in [-0.2, -0.15) is 13.2 Å². The molecule has 21 heavy (non-hydrogen) atoms. The summed E-state index contributed by atoms with van der Waals surface area (Å²) in [5.41, 5.74) is 0.378. The Kier molecular flexibility index (Phi) is 7.23. The van der Waals surface area contributed by atoms with Gasteiger partial charge in [-0.1, -0.05) is 45.7 Å². The average Bonchev–Trinajstić information content (AvgIpc) is 2.38. The van der Waals surface area contributed by atoms with Crippen LogP contribution in [0.5, 0.6) is 0 Å². The number of hydrogen-bond acceptors (Lipinski definition) is 1. The van der Waals surface area contributed by atoms with Gasteiger partial charge in [-0.05, 0) is 43.0 Å². The maximum absolute atomic E-state index is 12.5. The normalized spacial score (nSPS) is 15.0. The molecule has 2 atom stereocenters. The molecule has 2 unspecified atom stereocenters. The fourth-order valence-electron chi connectivity index (χ4n) is 2.74. The van der Waals surface area contributed by atoms with Crippen LogP contribution in [0.4, 0.5) is 13.2 Å². The third kappa shape index (κ3) is 6.51. The van der Waals surface area contributed by atoms with E-state index in [1.807, 2.05) is 0 Å². The monoisotopic (exact) mass is 301 g/mol. The lowest BCUT2D eigenvalue weighted by Gasteiger charge is -2.22. The van der Waals surface area contributed by atoms with E-state index < -0.39 is 11.7 Å². The van der Waals surface area contributed by atoms with E-state index in [4.69, 9.17) is 0 Å². The molecule has 4 heteroatoms.